The first-order chi connectivity index (χ1) is 11.7. The number of halogens is 1. The number of hydrogen-bond donors (Lipinski definition) is 2. The van der Waals surface area contributed by atoms with Gasteiger partial charge in [-0.05, 0) is 51.3 Å². The number of amides is 1. The standard InChI is InChI=1S/C18H23FN2O3S/c1-18(2,3)24-17(23)21-14(15(22)16-20-10-11-25-16)9-6-12-4-7-13(19)8-5-12/h4-5,7-8,10-11,14-15,22H,6,9H2,1-3H3,(H,21,23)/t14-,15?/m0/s1. The number of aliphatic hydroxyl groups is 1. The van der Waals surface area contributed by atoms with Crippen LogP contribution < -0.4 is 5.32 Å². The van der Waals surface area contributed by atoms with Crippen LogP contribution in [0.25, 0.3) is 0 Å². The molecule has 2 N–H and O–H groups in total. The van der Waals surface area contributed by atoms with Gasteiger partial charge < -0.3 is 15.2 Å². The van der Waals surface area contributed by atoms with Gasteiger partial charge in [-0.25, -0.2) is 14.2 Å². The van der Waals surface area contributed by atoms with Crippen LogP contribution in [0.1, 0.15) is 43.9 Å². The Balaban J connectivity index is 2.05. The summed E-state index contributed by atoms with van der Waals surface area (Å²) in [5.41, 5.74) is 0.293. The molecule has 1 unspecified atom stereocenters. The minimum absolute atomic E-state index is 0.296. The van der Waals surface area contributed by atoms with E-state index in [0.717, 1.165) is 5.56 Å². The van der Waals surface area contributed by atoms with E-state index in [0.29, 0.717) is 17.8 Å². The van der Waals surface area contributed by atoms with Crippen molar-refractivity contribution in [2.75, 3.05) is 0 Å². The molecule has 2 aromatic rings. The summed E-state index contributed by atoms with van der Waals surface area (Å²) in [6.45, 7) is 5.33. The Morgan fingerprint density at radius 1 is 1.36 bits per heavy atom. The molecule has 0 saturated heterocycles. The van der Waals surface area contributed by atoms with Crippen LogP contribution in [0.15, 0.2) is 35.8 Å². The Bertz CT molecular complexity index is 669. The summed E-state index contributed by atoms with van der Waals surface area (Å²) in [6, 6.07) is 5.60. The Morgan fingerprint density at radius 3 is 2.60 bits per heavy atom. The number of hydrogen-bond acceptors (Lipinski definition) is 5. The summed E-state index contributed by atoms with van der Waals surface area (Å²) in [7, 11) is 0. The second-order valence-electron chi connectivity index (χ2n) is 6.73. The minimum Gasteiger partial charge on any atom is -0.444 e. The predicted octanol–water partition coefficient (Wildman–Crippen LogP) is 3.84. The number of benzene rings is 1. The number of thiazole rings is 1. The number of carbonyl (C=O) groups excluding carboxylic acids is 1. The van der Waals surface area contributed by atoms with Gasteiger partial charge in [0.05, 0.1) is 6.04 Å². The van der Waals surface area contributed by atoms with Crippen molar-refractivity contribution >= 4 is 17.4 Å². The molecule has 1 amide bonds. The highest BCUT2D eigenvalue weighted by molar-refractivity contribution is 7.09. The molecule has 2 rings (SSSR count). The van der Waals surface area contributed by atoms with Gasteiger partial charge in [0.25, 0.3) is 0 Å². The number of aliphatic hydroxyl groups excluding tert-OH is 1. The first-order valence-corrected chi connectivity index (χ1v) is 8.94. The number of carbonyl (C=O) groups is 1. The third-order valence-electron chi connectivity index (χ3n) is 3.44. The quantitative estimate of drug-likeness (QED) is 0.815. The van der Waals surface area contributed by atoms with Crippen molar-refractivity contribution in [3.05, 3.63) is 52.2 Å². The van der Waals surface area contributed by atoms with Crippen molar-refractivity contribution in [1.29, 1.82) is 0 Å². The Hall–Kier alpha value is -1.99. The maximum absolute atomic E-state index is 13.0. The smallest absolute Gasteiger partial charge is 0.407 e. The molecule has 0 spiro atoms. The van der Waals surface area contributed by atoms with Gasteiger partial charge in [0.2, 0.25) is 0 Å². The van der Waals surface area contributed by atoms with Crippen molar-refractivity contribution in [3.63, 3.8) is 0 Å². The SMILES string of the molecule is CC(C)(C)OC(=O)N[C@@H](CCc1ccc(F)cc1)C(O)c1nccs1. The van der Waals surface area contributed by atoms with Gasteiger partial charge in [-0.15, -0.1) is 11.3 Å². The van der Waals surface area contributed by atoms with Gasteiger partial charge in [-0.1, -0.05) is 12.1 Å². The Morgan fingerprint density at radius 2 is 2.04 bits per heavy atom. The molecule has 1 aromatic heterocycles. The summed E-state index contributed by atoms with van der Waals surface area (Å²) in [5.74, 6) is -0.296. The zero-order valence-corrected chi connectivity index (χ0v) is 15.3. The molecule has 0 saturated carbocycles. The van der Waals surface area contributed by atoms with E-state index < -0.39 is 23.8 Å². The highest BCUT2D eigenvalue weighted by Crippen LogP contribution is 2.23. The summed E-state index contributed by atoms with van der Waals surface area (Å²) >= 11 is 1.32. The molecule has 0 aliphatic carbocycles. The molecule has 7 heteroatoms. The molecule has 1 heterocycles. The van der Waals surface area contributed by atoms with Gasteiger partial charge in [0, 0.05) is 11.6 Å². The van der Waals surface area contributed by atoms with Crippen molar-refractivity contribution in [1.82, 2.24) is 10.3 Å². The van der Waals surface area contributed by atoms with Crippen LogP contribution in [0.4, 0.5) is 9.18 Å². The lowest BCUT2D eigenvalue weighted by atomic mass is 10.0. The molecule has 2 atom stereocenters. The van der Waals surface area contributed by atoms with Crippen LogP contribution in [0, 0.1) is 5.82 Å². The molecule has 5 nitrogen and oxygen atoms in total. The largest absolute Gasteiger partial charge is 0.444 e. The van der Waals surface area contributed by atoms with Gasteiger partial charge in [-0.3, -0.25) is 0 Å². The Labute approximate surface area is 150 Å². The number of nitrogens with zero attached hydrogens (tertiary/aromatic N) is 1. The fraction of sp³-hybridized carbons (Fsp3) is 0.444. The average molecular weight is 366 g/mol. The van der Waals surface area contributed by atoms with Crippen molar-refractivity contribution in [2.45, 2.75) is 51.4 Å². The van der Waals surface area contributed by atoms with Crippen LogP contribution >= 0.6 is 11.3 Å². The number of aromatic nitrogens is 1. The lowest BCUT2D eigenvalue weighted by molar-refractivity contribution is 0.0413. The van der Waals surface area contributed by atoms with E-state index in [9.17, 15) is 14.3 Å². The minimum atomic E-state index is -0.937. The number of aryl methyl sites for hydroxylation is 1. The Kier molecular flexibility index (Phi) is 6.50. The van der Waals surface area contributed by atoms with Crippen molar-refractivity contribution in [3.8, 4) is 0 Å². The summed E-state index contributed by atoms with van der Waals surface area (Å²) in [6.07, 6.45) is 1.11. The summed E-state index contributed by atoms with van der Waals surface area (Å²) < 4.78 is 18.3. The zero-order chi connectivity index (χ0) is 18.4. The van der Waals surface area contributed by atoms with Crippen molar-refractivity contribution < 1.29 is 19.0 Å². The summed E-state index contributed by atoms with van der Waals surface area (Å²) in [4.78, 5) is 16.2. The average Bonchev–Trinajstić information content (AvgIpc) is 3.05. The second-order valence-corrected chi connectivity index (χ2v) is 7.66. The number of ether oxygens (including phenoxy) is 1. The molecule has 136 valence electrons. The van der Waals surface area contributed by atoms with E-state index >= 15 is 0 Å². The van der Waals surface area contributed by atoms with Gasteiger partial charge >= 0.3 is 6.09 Å². The third kappa shape index (κ3) is 6.43. The number of nitrogens with one attached hydrogen (secondary N) is 1. The maximum atomic E-state index is 13.0. The van der Waals surface area contributed by atoms with Gasteiger partial charge in [0.15, 0.2) is 0 Å². The second kappa shape index (κ2) is 8.40. The predicted molar refractivity (Wildman–Crippen MR) is 95.0 cm³/mol. The third-order valence-corrected chi connectivity index (χ3v) is 4.29. The van der Waals surface area contributed by atoms with Crippen LogP contribution in [-0.2, 0) is 11.2 Å². The molecule has 1 aromatic carbocycles. The summed E-state index contributed by atoms with van der Waals surface area (Å²) in [5, 5.41) is 15.6. The molecule has 0 aliphatic heterocycles. The maximum Gasteiger partial charge on any atom is 0.407 e. The van der Waals surface area contributed by atoms with E-state index in [2.05, 4.69) is 10.3 Å². The number of alkyl carbamates (subject to hydrolysis) is 1. The first kappa shape index (κ1) is 19.3. The van der Waals surface area contributed by atoms with E-state index in [1.807, 2.05) is 0 Å². The molecular formula is C18H23FN2O3S. The fourth-order valence-electron chi connectivity index (χ4n) is 2.29. The zero-order valence-electron chi connectivity index (χ0n) is 14.5. The van der Waals surface area contributed by atoms with Crippen LogP contribution in [0.5, 0.6) is 0 Å². The molecule has 25 heavy (non-hydrogen) atoms. The normalized spacial score (nSPS) is 14.0. The molecule has 0 aliphatic rings. The lowest BCUT2D eigenvalue weighted by Gasteiger charge is -2.26. The van der Waals surface area contributed by atoms with E-state index in [1.165, 1.54) is 23.5 Å². The molecular weight excluding hydrogens is 343 g/mol. The van der Waals surface area contributed by atoms with Crippen LogP contribution in [0.3, 0.4) is 0 Å². The fourth-order valence-corrected chi connectivity index (χ4v) is 2.98. The highest BCUT2D eigenvalue weighted by atomic mass is 32.1. The van der Waals surface area contributed by atoms with Crippen LogP contribution in [-0.4, -0.2) is 27.8 Å². The van der Waals surface area contributed by atoms with Gasteiger partial charge in [-0.2, -0.15) is 0 Å². The number of rotatable bonds is 6. The lowest BCUT2D eigenvalue weighted by Crippen LogP contribution is -2.42. The van der Waals surface area contributed by atoms with Crippen molar-refractivity contribution in [2.24, 2.45) is 0 Å². The topological polar surface area (TPSA) is 71.5 Å². The van der Waals surface area contributed by atoms with E-state index in [4.69, 9.17) is 4.74 Å². The highest BCUT2D eigenvalue weighted by Gasteiger charge is 2.27. The monoisotopic (exact) mass is 366 g/mol. The molecule has 0 fully saturated rings. The van der Waals surface area contributed by atoms with E-state index in [-0.39, 0.29) is 5.82 Å². The van der Waals surface area contributed by atoms with E-state index in [1.54, 1.807) is 44.5 Å². The van der Waals surface area contributed by atoms with Gasteiger partial charge in [0.1, 0.15) is 22.5 Å². The van der Waals surface area contributed by atoms with Crippen LogP contribution in [0.2, 0.25) is 0 Å². The molecule has 0 radical (unpaired) electrons. The first-order valence-electron chi connectivity index (χ1n) is 8.06. The molecule has 0 bridgehead atoms.